The normalized spacial score (nSPS) is 16.3. The zero-order valence-corrected chi connectivity index (χ0v) is 16.2. The average Bonchev–Trinajstić information content (AvgIpc) is 2.63. The number of Topliss-reactive ketones (excluding diaryl/α,β-unsaturated/α-hetero) is 1. The number of halogens is 2. The maximum Gasteiger partial charge on any atom is 0.176 e. The lowest BCUT2D eigenvalue weighted by molar-refractivity contribution is 0.0876. The standard InChI is InChI=1S/C20H21Cl2N3O/c1-24-8-10-25(11-9-24)14-20(26)15-3-6-18(7-4-15)23-13-16-2-5-17(21)12-19(16)22/h2-7,12-13H,8-11,14H2,1H3. The summed E-state index contributed by atoms with van der Waals surface area (Å²) in [4.78, 5) is 21.3. The lowest BCUT2D eigenvalue weighted by Gasteiger charge is -2.31. The van der Waals surface area contributed by atoms with Crippen LogP contribution in [0.25, 0.3) is 0 Å². The van der Waals surface area contributed by atoms with Gasteiger partial charge in [0.15, 0.2) is 5.78 Å². The van der Waals surface area contributed by atoms with Crippen LogP contribution >= 0.6 is 23.2 Å². The molecule has 2 aromatic carbocycles. The average molecular weight is 390 g/mol. The van der Waals surface area contributed by atoms with Crippen LogP contribution in [0.5, 0.6) is 0 Å². The Morgan fingerprint density at radius 1 is 1.08 bits per heavy atom. The van der Waals surface area contributed by atoms with Crippen LogP contribution in [0, 0.1) is 0 Å². The number of piperazine rings is 1. The number of rotatable bonds is 5. The number of aliphatic imine (C=N–C) groups is 1. The zero-order chi connectivity index (χ0) is 18.5. The van der Waals surface area contributed by atoms with Crippen molar-refractivity contribution in [2.75, 3.05) is 39.8 Å². The molecule has 0 N–H and O–H groups in total. The summed E-state index contributed by atoms with van der Waals surface area (Å²) in [6.45, 7) is 4.36. The number of carbonyl (C=O) groups is 1. The van der Waals surface area contributed by atoms with Gasteiger partial charge in [-0.1, -0.05) is 29.3 Å². The molecule has 1 saturated heterocycles. The molecule has 0 amide bonds. The predicted octanol–water partition coefficient (Wildman–Crippen LogP) is 4.17. The smallest absolute Gasteiger partial charge is 0.176 e. The SMILES string of the molecule is CN1CCN(CC(=O)c2ccc(N=Cc3ccc(Cl)cc3Cl)cc2)CC1. The van der Waals surface area contributed by atoms with Crippen LogP contribution in [0.3, 0.4) is 0 Å². The van der Waals surface area contributed by atoms with Gasteiger partial charge in [-0.15, -0.1) is 0 Å². The molecule has 1 fully saturated rings. The zero-order valence-electron chi connectivity index (χ0n) is 14.7. The van der Waals surface area contributed by atoms with Gasteiger partial charge in [-0.3, -0.25) is 14.7 Å². The molecule has 2 aromatic rings. The fourth-order valence-electron chi connectivity index (χ4n) is 2.78. The van der Waals surface area contributed by atoms with Crippen molar-refractivity contribution >= 4 is 40.9 Å². The Balaban J connectivity index is 1.61. The monoisotopic (exact) mass is 389 g/mol. The van der Waals surface area contributed by atoms with Gasteiger partial charge in [-0.25, -0.2) is 0 Å². The van der Waals surface area contributed by atoms with E-state index in [2.05, 4.69) is 21.8 Å². The number of nitrogens with zero attached hydrogens (tertiary/aromatic N) is 3. The highest BCUT2D eigenvalue weighted by molar-refractivity contribution is 6.36. The Hall–Kier alpha value is -1.72. The van der Waals surface area contributed by atoms with Crippen LogP contribution < -0.4 is 0 Å². The Morgan fingerprint density at radius 2 is 1.77 bits per heavy atom. The van der Waals surface area contributed by atoms with Crippen molar-refractivity contribution in [2.24, 2.45) is 4.99 Å². The van der Waals surface area contributed by atoms with Crippen molar-refractivity contribution in [3.05, 3.63) is 63.6 Å². The molecule has 0 spiro atoms. The third-order valence-electron chi connectivity index (χ3n) is 4.47. The molecule has 0 atom stereocenters. The van der Waals surface area contributed by atoms with Gasteiger partial charge >= 0.3 is 0 Å². The van der Waals surface area contributed by atoms with Crippen LogP contribution in [0.15, 0.2) is 47.5 Å². The molecular formula is C20H21Cl2N3O. The van der Waals surface area contributed by atoms with Crippen molar-refractivity contribution in [1.82, 2.24) is 9.80 Å². The Kier molecular flexibility index (Phi) is 6.43. The van der Waals surface area contributed by atoms with Crippen molar-refractivity contribution in [1.29, 1.82) is 0 Å². The van der Waals surface area contributed by atoms with E-state index in [1.807, 2.05) is 30.3 Å². The number of hydrogen-bond donors (Lipinski definition) is 0. The minimum Gasteiger partial charge on any atom is -0.304 e. The molecule has 3 rings (SSSR count). The molecule has 0 aromatic heterocycles. The van der Waals surface area contributed by atoms with Crippen LogP contribution in [0.2, 0.25) is 10.0 Å². The maximum atomic E-state index is 12.4. The summed E-state index contributed by atoms with van der Waals surface area (Å²) < 4.78 is 0. The molecule has 136 valence electrons. The first-order valence-corrected chi connectivity index (χ1v) is 9.30. The third kappa shape index (κ3) is 5.15. The first kappa shape index (κ1) is 19.1. The van der Waals surface area contributed by atoms with Gasteiger partial charge in [0.05, 0.1) is 17.3 Å². The van der Waals surface area contributed by atoms with E-state index in [1.165, 1.54) is 0 Å². The van der Waals surface area contributed by atoms with E-state index in [0.29, 0.717) is 22.2 Å². The summed E-state index contributed by atoms with van der Waals surface area (Å²) in [7, 11) is 2.11. The Bertz CT molecular complexity index is 797. The lowest BCUT2D eigenvalue weighted by Crippen LogP contribution is -2.46. The highest BCUT2D eigenvalue weighted by Crippen LogP contribution is 2.21. The fraction of sp³-hybridized carbons (Fsp3) is 0.300. The molecule has 1 aliphatic heterocycles. The molecule has 26 heavy (non-hydrogen) atoms. The van der Waals surface area contributed by atoms with Gasteiger partial charge in [-0.2, -0.15) is 0 Å². The van der Waals surface area contributed by atoms with Gasteiger partial charge < -0.3 is 4.90 Å². The molecule has 0 unspecified atom stereocenters. The second kappa shape index (κ2) is 8.78. The van der Waals surface area contributed by atoms with E-state index in [4.69, 9.17) is 23.2 Å². The van der Waals surface area contributed by atoms with Gasteiger partial charge in [-0.05, 0) is 43.4 Å². The van der Waals surface area contributed by atoms with Crippen LogP contribution in [0.4, 0.5) is 5.69 Å². The Labute approximate surface area is 164 Å². The highest BCUT2D eigenvalue weighted by atomic mass is 35.5. The van der Waals surface area contributed by atoms with E-state index < -0.39 is 0 Å². The molecule has 0 bridgehead atoms. The van der Waals surface area contributed by atoms with Crippen LogP contribution in [-0.4, -0.2) is 61.6 Å². The van der Waals surface area contributed by atoms with Gasteiger partial charge in [0, 0.05) is 48.5 Å². The van der Waals surface area contributed by atoms with E-state index in [0.717, 1.165) is 37.4 Å². The summed E-state index contributed by atoms with van der Waals surface area (Å²) >= 11 is 12.0. The summed E-state index contributed by atoms with van der Waals surface area (Å²) in [5.74, 6) is 0.144. The highest BCUT2D eigenvalue weighted by Gasteiger charge is 2.17. The lowest BCUT2D eigenvalue weighted by atomic mass is 10.1. The van der Waals surface area contributed by atoms with E-state index in [-0.39, 0.29) is 5.78 Å². The topological polar surface area (TPSA) is 35.9 Å². The summed E-state index contributed by atoms with van der Waals surface area (Å²) in [6, 6.07) is 12.6. The minimum absolute atomic E-state index is 0.144. The molecular weight excluding hydrogens is 369 g/mol. The molecule has 0 saturated carbocycles. The van der Waals surface area contributed by atoms with E-state index >= 15 is 0 Å². The van der Waals surface area contributed by atoms with E-state index in [1.54, 1.807) is 18.3 Å². The van der Waals surface area contributed by atoms with Crippen LogP contribution in [0.1, 0.15) is 15.9 Å². The second-order valence-corrected chi connectivity index (χ2v) is 7.32. The maximum absolute atomic E-state index is 12.4. The number of ketones is 1. The van der Waals surface area contributed by atoms with Crippen molar-refractivity contribution in [3.8, 4) is 0 Å². The van der Waals surface area contributed by atoms with Crippen molar-refractivity contribution in [3.63, 3.8) is 0 Å². The van der Waals surface area contributed by atoms with Crippen molar-refractivity contribution < 1.29 is 4.79 Å². The summed E-state index contributed by atoms with van der Waals surface area (Å²) in [6.07, 6.45) is 1.69. The van der Waals surface area contributed by atoms with E-state index in [9.17, 15) is 4.79 Å². The molecule has 0 aliphatic carbocycles. The number of hydrogen-bond acceptors (Lipinski definition) is 4. The quantitative estimate of drug-likeness (QED) is 0.568. The minimum atomic E-state index is 0.144. The number of likely N-dealkylation sites (N-methyl/N-ethyl adjacent to an activating group) is 1. The predicted molar refractivity (Wildman–Crippen MR) is 108 cm³/mol. The molecule has 4 nitrogen and oxygen atoms in total. The van der Waals surface area contributed by atoms with Gasteiger partial charge in [0.2, 0.25) is 0 Å². The van der Waals surface area contributed by atoms with Crippen molar-refractivity contribution in [2.45, 2.75) is 0 Å². The first-order chi connectivity index (χ1) is 12.5. The molecule has 0 radical (unpaired) electrons. The third-order valence-corrected chi connectivity index (χ3v) is 5.03. The number of carbonyl (C=O) groups excluding carboxylic acids is 1. The first-order valence-electron chi connectivity index (χ1n) is 8.54. The fourth-order valence-corrected chi connectivity index (χ4v) is 3.24. The molecule has 6 heteroatoms. The second-order valence-electron chi connectivity index (χ2n) is 6.47. The molecule has 1 aliphatic rings. The summed E-state index contributed by atoms with van der Waals surface area (Å²) in [5.41, 5.74) is 2.28. The number of benzene rings is 2. The van der Waals surface area contributed by atoms with Crippen LogP contribution in [-0.2, 0) is 0 Å². The molecule has 1 heterocycles. The largest absolute Gasteiger partial charge is 0.304 e. The Morgan fingerprint density at radius 3 is 2.42 bits per heavy atom. The summed E-state index contributed by atoms with van der Waals surface area (Å²) in [5, 5.41) is 1.15. The van der Waals surface area contributed by atoms with Gasteiger partial charge in [0.1, 0.15) is 0 Å². The van der Waals surface area contributed by atoms with Gasteiger partial charge in [0.25, 0.3) is 0 Å².